The number of hydrogen-bond donors (Lipinski definition) is 0. The third kappa shape index (κ3) is 10.3. The molecular weight excluding hydrogens is 790 g/mol. The van der Waals surface area contributed by atoms with Gasteiger partial charge in [0.25, 0.3) is 0 Å². The molecule has 2 aliphatic carbocycles. The van der Waals surface area contributed by atoms with Crippen molar-refractivity contribution in [3.05, 3.63) is 178 Å². The molecule has 6 aromatic carbocycles. The predicted octanol–water partition coefficient (Wildman–Crippen LogP) is 12.0. The first-order valence-electron chi connectivity index (χ1n) is 13.4. The average Bonchev–Trinajstić information content (AvgIpc) is 3.76. The van der Waals surface area contributed by atoms with E-state index in [4.69, 9.17) is 0 Å². The van der Waals surface area contributed by atoms with Crippen molar-refractivity contribution in [1.29, 1.82) is 0 Å². The molecule has 0 aromatic heterocycles. The first-order valence-corrected chi connectivity index (χ1v) is 16.8. The van der Waals surface area contributed by atoms with E-state index in [2.05, 4.69) is 127 Å². The van der Waals surface area contributed by atoms with Crippen LogP contribution in [-0.4, -0.2) is 4.21 Å². The van der Waals surface area contributed by atoms with Crippen LogP contribution in [0.25, 0.3) is 32.7 Å². The molecular formula is C39H30Br2Cl2Zr-4. The minimum Gasteiger partial charge on any atom is -0.147 e. The standard InChI is InChI=1S/C21H13.2C6H4Br.C5H5.CH2.2ClH.Zr/c1-2-8-15-14(7-1)13-20-18-11-4-3-9-16(18)17-10-5-6-12-19(17)21(15)20;2*7-6-4-2-1-3-5-6;1-2-4-5-3-1;;;;/h1-10,12H,13H2;2*1-2,4-5H;1-3H,4H2;1H2;2*1H;/q4*-1;;;;. The van der Waals surface area contributed by atoms with Crippen LogP contribution in [0.15, 0.2) is 142 Å². The summed E-state index contributed by atoms with van der Waals surface area (Å²) in [5.41, 5.74) is 5.67. The molecule has 0 aliphatic heterocycles. The van der Waals surface area contributed by atoms with E-state index in [1.54, 1.807) is 0 Å². The van der Waals surface area contributed by atoms with Crippen LogP contribution in [0.1, 0.15) is 17.5 Å². The summed E-state index contributed by atoms with van der Waals surface area (Å²) in [6.07, 6.45) is 11.0. The van der Waals surface area contributed by atoms with E-state index >= 15 is 0 Å². The monoisotopic (exact) mass is 816 g/mol. The van der Waals surface area contributed by atoms with E-state index in [0.29, 0.717) is 0 Å². The summed E-state index contributed by atoms with van der Waals surface area (Å²) >= 11 is 7.86. The Morgan fingerprint density at radius 2 is 1.25 bits per heavy atom. The number of benzene rings is 6. The van der Waals surface area contributed by atoms with E-state index in [-0.39, 0.29) is 24.8 Å². The van der Waals surface area contributed by atoms with Gasteiger partial charge >= 0.3 is 28.4 Å². The molecule has 0 nitrogen and oxygen atoms in total. The Morgan fingerprint density at radius 1 is 0.659 bits per heavy atom. The zero-order chi connectivity index (χ0) is 29.6. The molecule has 0 fully saturated rings. The maximum atomic E-state index is 3.48. The van der Waals surface area contributed by atoms with Gasteiger partial charge in [0, 0.05) is 0 Å². The number of fused-ring (bicyclic) bond motifs is 8. The first kappa shape index (κ1) is 37.8. The average molecular weight is 821 g/mol. The van der Waals surface area contributed by atoms with Gasteiger partial charge in [0.2, 0.25) is 0 Å². The number of halogens is 4. The van der Waals surface area contributed by atoms with Crippen molar-refractivity contribution < 1.29 is 24.2 Å². The second-order valence-corrected chi connectivity index (χ2v) is 11.0. The minimum atomic E-state index is 0. The summed E-state index contributed by atoms with van der Waals surface area (Å²) in [5.74, 6) is 0. The Hall–Kier alpha value is -2.39. The van der Waals surface area contributed by atoms with Gasteiger partial charge in [-0.25, -0.2) is 12.2 Å². The predicted molar refractivity (Wildman–Crippen MR) is 198 cm³/mol. The van der Waals surface area contributed by atoms with E-state index in [1.165, 1.54) is 68.0 Å². The van der Waals surface area contributed by atoms with Crippen LogP contribution in [-0.2, 0) is 30.7 Å². The van der Waals surface area contributed by atoms with Crippen LogP contribution >= 0.6 is 56.7 Å². The number of hydrogen-bond acceptors (Lipinski definition) is 0. The maximum absolute atomic E-state index is 3.48. The molecule has 5 heteroatoms. The van der Waals surface area contributed by atoms with Gasteiger partial charge in [0.05, 0.1) is 0 Å². The summed E-state index contributed by atoms with van der Waals surface area (Å²) in [7, 11) is 0. The Morgan fingerprint density at radius 3 is 1.77 bits per heavy atom. The largest absolute Gasteiger partial charge is 0.147 e. The normalized spacial score (nSPS) is 10.8. The van der Waals surface area contributed by atoms with Crippen molar-refractivity contribution in [2.24, 2.45) is 0 Å². The van der Waals surface area contributed by atoms with Crippen LogP contribution in [0, 0.1) is 24.3 Å². The summed E-state index contributed by atoms with van der Waals surface area (Å²) in [6, 6.07) is 48.5. The van der Waals surface area contributed by atoms with Gasteiger partial charge < -0.3 is 0 Å². The molecule has 0 bridgehead atoms. The molecule has 0 N–H and O–H groups in total. The zero-order valence-electron chi connectivity index (χ0n) is 23.9. The second kappa shape index (κ2) is 20.6. The molecule has 0 heterocycles. The Balaban J connectivity index is 0.000000243. The molecule has 2 aliphatic rings. The van der Waals surface area contributed by atoms with Gasteiger partial charge in [0.1, 0.15) is 0 Å². The van der Waals surface area contributed by atoms with Crippen molar-refractivity contribution in [3.8, 4) is 11.1 Å². The molecule has 6 aromatic rings. The van der Waals surface area contributed by atoms with Crippen LogP contribution in [0.2, 0.25) is 0 Å². The van der Waals surface area contributed by atoms with Crippen molar-refractivity contribution in [2.45, 2.75) is 12.8 Å². The second-order valence-electron chi connectivity index (χ2n) is 9.14. The van der Waals surface area contributed by atoms with Gasteiger partial charge in [-0.2, -0.15) is 66.7 Å². The fourth-order valence-electron chi connectivity index (χ4n) is 4.81. The van der Waals surface area contributed by atoms with Crippen LogP contribution in [0.3, 0.4) is 0 Å². The van der Waals surface area contributed by atoms with Crippen molar-refractivity contribution in [3.63, 3.8) is 0 Å². The number of rotatable bonds is 0. The maximum Gasteiger partial charge on any atom is -0.0240 e. The van der Waals surface area contributed by atoms with Crippen molar-refractivity contribution in [1.82, 2.24) is 0 Å². The summed E-state index contributed by atoms with van der Waals surface area (Å²) in [6.45, 7) is 0. The molecule has 44 heavy (non-hydrogen) atoms. The van der Waals surface area contributed by atoms with Gasteiger partial charge in [-0.1, -0.05) is 62.9 Å². The molecule has 0 saturated heterocycles. The third-order valence-corrected chi connectivity index (χ3v) is 7.51. The van der Waals surface area contributed by atoms with Gasteiger partial charge in [0.15, 0.2) is 0 Å². The molecule has 0 spiro atoms. The molecule has 0 amide bonds. The molecule has 0 radical (unpaired) electrons. The third-order valence-electron chi connectivity index (χ3n) is 6.52. The Labute approximate surface area is 305 Å². The smallest absolute Gasteiger partial charge is 0.0240 e. The Kier molecular flexibility index (Phi) is 17.7. The number of allylic oxidation sites excluding steroid dienone is 4. The van der Waals surface area contributed by atoms with Crippen LogP contribution in [0.5, 0.6) is 0 Å². The Bertz CT molecular complexity index is 1740. The van der Waals surface area contributed by atoms with E-state index in [1.807, 2.05) is 66.7 Å². The summed E-state index contributed by atoms with van der Waals surface area (Å²) in [4.78, 5) is 0. The molecule has 0 atom stereocenters. The van der Waals surface area contributed by atoms with Crippen molar-refractivity contribution in [2.75, 3.05) is 0 Å². The van der Waals surface area contributed by atoms with Crippen LogP contribution in [0.4, 0.5) is 0 Å². The van der Waals surface area contributed by atoms with Gasteiger partial charge in [-0.15, -0.1) is 104 Å². The molecule has 0 unspecified atom stereocenters. The fraction of sp³-hybridized carbons (Fsp3) is 0.0513. The SMILES string of the molecule is Brc1c[c-]ccc1.Brc1c[c-]ccc1.Cl.Cl.[C-]1=CC=CC1.[CH2]=[Zr].[c-]1cccc2c1c1c(c3ccccc32)-c2ccccc2C1. The van der Waals surface area contributed by atoms with Gasteiger partial charge in [-0.3, -0.25) is 6.08 Å². The minimum absolute atomic E-state index is 0. The zero-order valence-corrected chi connectivity index (χ0v) is 31.2. The molecule has 8 rings (SSSR count). The quantitative estimate of drug-likeness (QED) is 0.106. The van der Waals surface area contributed by atoms with E-state index < -0.39 is 0 Å². The molecule has 222 valence electrons. The van der Waals surface area contributed by atoms with Crippen LogP contribution < -0.4 is 0 Å². The molecule has 0 saturated carbocycles. The van der Waals surface area contributed by atoms with E-state index in [0.717, 1.165) is 21.8 Å². The summed E-state index contributed by atoms with van der Waals surface area (Å²) < 4.78 is 5.50. The van der Waals surface area contributed by atoms with Gasteiger partial charge in [-0.05, 0) is 28.5 Å². The fourth-order valence-corrected chi connectivity index (χ4v) is 5.38. The van der Waals surface area contributed by atoms with Crippen molar-refractivity contribution >= 4 is 82.4 Å². The topological polar surface area (TPSA) is 0 Å². The summed E-state index contributed by atoms with van der Waals surface area (Å²) in [5, 5.41) is 5.30. The van der Waals surface area contributed by atoms with E-state index in [9.17, 15) is 0 Å². The first-order chi connectivity index (χ1) is 20.7.